The van der Waals surface area contributed by atoms with Gasteiger partial charge in [0.2, 0.25) is 5.36 Å². The molecule has 0 fully saturated rings. The van der Waals surface area contributed by atoms with Gasteiger partial charge in [0.15, 0.2) is 0 Å². The number of benzene rings is 2. The number of aryl methyl sites for hydroxylation is 1. The fourth-order valence-electron chi connectivity index (χ4n) is 2.43. The van der Waals surface area contributed by atoms with E-state index in [0.717, 1.165) is 33.5 Å². The molecular formula is C16H19N4+. The molecule has 0 spiro atoms. The minimum absolute atomic E-state index is 0.986. The minimum Gasteiger partial charge on any atom is -0.388 e. The van der Waals surface area contributed by atoms with Gasteiger partial charge in [-0.3, -0.25) is 0 Å². The molecule has 20 heavy (non-hydrogen) atoms. The van der Waals surface area contributed by atoms with Gasteiger partial charge < -0.3 is 10.3 Å². The van der Waals surface area contributed by atoms with Crippen LogP contribution in [0.1, 0.15) is 5.56 Å². The summed E-state index contributed by atoms with van der Waals surface area (Å²) in [6, 6.07) is 10.5. The van der Waals surface area contributed by atoms with Gasteiger partial charge in [-0.05, 0) is 30.7 Å². The Labute approximate surface area is 118 Å². The highest BCUT2D eigenvalue weighted by atomic mass is 14.9. The lowest BCUT2D eigenvalue weighted by molar-refractivity contribution is 0.812. The van der Waals surface area contributed by atoms with E-state index in [9.17, 15) is 0 Å². The summed E-state index contributed by atoms with van der Waals surface area (Å²) in [7, 11) is 6.02. The number of hydrogen-bond acceptors (Lipinski definition) is 2. The SMILES string of the molecule is CNc1cc2[nH]c3cc(=[N+](C)C)ccc-3nc2cc1C. The predicted molar refractivity (Wildman–Crippen MR) is 84.1 cm³/mol. The van der Waals surface area contributed by atoms with Crippen molar-refractivity contribution in [2.24, 2.45) is 0 Å². The van der Waals surface area contributed by atoms with Gasteiger partial charge >= 0.3 is 0 Å². The Balaban J connectivity index is 2.36. The number of fused-ring (bicyclic) bond motifs is 2. The molecule has 0 bridgehead atoms. The van der Waals surface area contributed by atoms with Crippen LogP contribution in [-0.4, -0.2) is 31.1 Å². The number of nitrogens with zero attached hydrogens (tertiary/aromatic N) is 2. The molecule has 1 aromatic rings. The smallest absolute Gasteiger partial charge is 0.201 e. The maximum atomic E-state index is 4.74. The van der Waals surface area contributed by atoms with Gasteiger partial charge in [-0.2, -0.15) is 0 Å². The molecule has 0 atom stereocenters. The van der Waals surface area contributed by atoms with E-state index in [-0.39, 0.29) is 0 Å². The van der Waals surface area contributed by atoms with Crippen molar-refractivity contribution in [1.82, 2.24) is 14.5 Å². The van der Waals surface area contributed by atoms with Crippen LogP contribution in [0.5, 0.6) is 0 Å². The van der Waals surface area contributed by atoms with Crippen LogP contribution in [0.15, 0.2) is 30.3 Å². The van der Waals surface area contributed by atoms with E-state index in [4.69, 9.17) is 4.98 Å². The van der Waals surface area contributed by atoms with E-state index < -0.39 is 0 Å². The highest BCUT2D eigenvalue weighted by Crippen LogP contribution is 2.24. The molecule has 1 heterocycles. The molecule has 102 valence electrons. The van der Waals surface area contributed by atoms with Crippen LogP contribution in [0.2, 0.25) is 0 Å². The molecule has 4 heteroatoms. The quantitative estimate of drug-likeness (QED) is 0.523. The lowest BCUT2D eigenvalue weighted by atomic mass is 10.1. The van der Waals surface area contributed by atoms with Crippen molar-refractivity contribution in [2.75, 3.05) is 26.5 Å². The summed E-state index contributed by atoms with van der Waals surface area (Å²) in [5, 5.41) is 4.37. The molecule has 3 rings (SSSR count). The Kier molecular flexibility index (Phi) is 2.93. The Hall–Kier alpha value is -2.36. The number of aromatic nitrogens is 2. The second-order valence-corrected chi connectivity index (χ2v) is 5.27. The topological polar surface area (TPSA) is 43.7 Å². The molecule has 0 amide bonds. The first-order valence-electron chi connectivity index (χ1n) is 6.71. The van der Waals surface area contributed by atoms with Gasteiger partial charge in [0.25, 0.3) is 0 Å². The first-order valence-corrected chi connectivity index (χ1v) is 6.71. The van der Waals surface area contributed by atoms with Crippen molar-refractivity contribution in [3.05, 3.63) is 41.3 Å². The summed E-state index contributed by atoms with van der Waals surface area (Å²) in [6.07, 6.45) is 0. The summed E-state index contributed by atoms with van der Waals surface area (Å²) in [4.78, 5) is 8.21. The van der Waals surface area contributed by atoms with Gasteiger partial charge in [-0.15, -0.1) is 0 Å². The zero-order valence-electron chi connectivity index (χ0n) is 12.3. The Morgan fingerprint density at radius 1 is 1.15 bits per heavy atom. The minimum atomic E-state index is 0.986. The molecule has 2 aliphatic rings. The molecule has 0 unspecified atom stereocenters. The summed E-state index contributed by atoms with van der Waals surface area (Å²) in [5.41, 5.74) is 6.40. The number of H-pyrrole nitrogens is 1. The molecule has 0 saturated carbocycles. The third-order valence-corrected chi connectivity index (χ3v) is 3.62. The third kappa shape index (κ3) is 2.03. The van der Waals surface area contributed by atoms with Crippen LogP contribution in [-0.2, 0) is 0 Å². The molecule has 1 aromatic carbocycles. The number of hydrogen-bond donors (Lipinski definition) is 2. The average molecular weight is 267 g/mol. The monoisotopic (exact) mass is 267 g/mol. The maximum Gasteiger partial charge on any atom is 0.201 e. The van der Waals surface area contributed by atoms with Crippen LogP contribution in [0, 0.1) is 6.92 Å². The third-order valence-electron chi connectivity index (χ3n) is 3.62. The van der Waals surface area contributed by atoms with E-state index in [0.29, 0.717) is 0 Å². The van der Waals surface area contributed by atoms with Crippen LogP contribution < -0.4 is 15.2 Å². The molecule has 0 radical (unpaired) electrons. The second-order valence-electron chi connectivity index (χ2n) is 5.27. The molecule has 0 aromatic heterocycles. The molecular weight excluding hydrogens is 248 g/mol. The van der Waals surface area contributed by atoms with E-state index >= 15 is 0 Å². The van der Waals surface area contributed by atoms with Crippen molar-refractivity contribution in [3.63, 3.8) is 0 Å². The van der Waals surface area contributed by atoms with Crippen molar-refractivity contribution in [3.8, 4) is 11.4 Å². The molecule has 2 N–H and O–H groups in total. The van der Waals surface area contributed by atoms with Crippen molar-refractivity contribution in [2.45, 2.75) is 6.92 Å². The number of aromatic amines is 1. The highest BCUT2D eigenvalue weighted by Gasteiger charge is 2.09. The van der Waals surface area contributed by atoms with E-state index in [2.05, 4.69) is 52.1 Å². The van der Waals surface area contributed by atoms with Gasteiger partial charge in [-0.25, -0.2) is 9.56 Å². The predicted octanol–water partition coefficient (Wildman–Crippen LogP) is 2.05. The van der Waals surface area contributed by atoms with E-state index in [1.807, 2.05) is 21.1 Å². The Morgan fingerprint density at radius 2 is 1.95 bits per heavy atom. The first kappa shape index (κ1) is 12.7. The summed E-state index contributed by atoms with van der Waals surface area (Å²) < 4.78 is 2.09. The molecule has 4 nitrogen and oxygen atoms in total. The van der Waals surface area contributed by atoms with Crippen molar-refractivity contribution < 1.29 is 0 Å². The van der Waals surface area contributed by atoms with E-state index in [1.54, 1.807) is 0 Å². The van der Waals surface area contributed by atoms with Crippen molar-refractivity contribution >= 4 is 16.7 Å². The second kappa shape index (κ2) is 4.63. The van der Waals surface area contributed by atoms with Crippen LogP contribution >= 0.6 is 0 Å². The highest BCUT2D eigenvalue weighted by molar-refractivity contribution is 5.83. The fraction of sp³-hybridized carbons (Fsp3) is 0.250. The summed E-state index contributed by atoms with van der Waals surface area (Å²) in [5.74, 6) is 0. The normalized spacial score (nSPS) is 11.0. The van der Waals surface area contributed by atoms with Gasteiger partial charge in [0.1, 0.15) is 14.1 Å². The van der Waals surface area contributed by atoms with Gasteiger partial charge in [0, 0.05) is 24.9 Å². The average Bonchev–Trinajstić information content (AvgIpc) is 2.43. The van der Waals surface area contributed by atoms with Crippen LogP contribution in [0.4, 0.5) is 5.69 Å². The molecule has 1 aliphatic carbocycles. The maximum absolute atomic E-state index is 4.74. The number of rotatable bonds is 1. The standard InChI is InChI=1S/C16H18N4/c1-10-7-14-16(9-13(10)17-2)19-15-8-11(20(3)4)5-6-12(15)18-14/h5-9H,1-4H3,(H,17,19)/p+1. The zero-order valence-corrected chi connectivity index (χ0v) is 12.3. The zero-order chi connectivity index (χ0) is 14.3. The Bertz CT molecular complexity index is 826. The first-order chi connectivity index (χ1) is 9.58. The van der Waals surface area contributed by atoms with Gasteiger partial charge in [0.05, 0.1) is 22.4 Å². The molecule has 0 saturated heterocycles. The van der Waals surface area contributed by atoms with Crippen molar-refractivity contribution in [1.29, 1.82) is 0 Å². The van der Waals surface area contributed by atoms with Crippen LogP contribution in [0.25, 0.3) is 22.4 Å². The summed E-state index contributed by atoms with van der Waals surface area (Å²) in [6.45, 7) is 2.09. The summed E-state index contributed by atoms with van der Waals surface area (Å²) >= 11 is 0. The Morgan fingerprint density at radius 3 is 2.65 bits per heavy atom. The van der Waals surface area contributed by atoms with E-state index in [1.165, 1.54) is 5.56 Å². The number of nitrogens with one attached hydrogen (secondary N) is 2. The van der Waals surface area contributed by atoms with Gasteiger partial charge in [-0.1, -0.05) is 0 Å². The van der Waals surface area contributed by atoms with Crippen LogP contribution in [0.3, 0.4) is 0 Å². The lowest BCUT2D eigenvalue weighted by Crippen LogP contribution is -2.21. The number of anilines is 1. The molecule has 1 aliphatic heterocycles. The lowest BCUT2D eigenvalue weighted by Gasteiger charge is -2.10. The largest absolute Gasteiger partial charge is 0.388 e. The fourth-order valence-corrected chi connectivity index (χ4v) is 2.43.